The molecule has 0 atom stereocenters. The Morgan fingerprint density at radius 2 is 2.10 bits per heavy atom. The van der Waals surface area contributed by atoms with E-state index in [2.05, 4.69) is 24.9 Å². The molecule has 3 nitrogen and oxygen atoms in total. The van der Waals surface area contributed by atoms with E-state index in [1.165, 1.54) is 0 Å². The molecule has 21 heavy (non-hydrogen) atoms. The van der Waals surface area contributed by atoms with E-state index in [9.17, 15) is 10.1 Å². The maximum atomic E-state index is 11.9. The van der Waals surface area contributed by atoms with Crippen molar-refractivity contribution in [1.82, 2.24) is 4.98 Å². The summed E-state index contributed by atoms with van der Waals surface area (Å²) >= 11 is 1.79. The highest BCUT2D eigenvalue weighted by Gasteiger charge is 2.10. The lowest BCUT2D eigenvalue weighted by molar-refractivity contribution is 0.750. The zero-order chi connectivity index (χ0) is 15.4. The van der Waals surface area contributed by atoms with E-state index in [0.717, 1.165) is 21.9 Å². The van der Waals surface area contributed by atoms with E-state index in [1.54, 1.807) is 11.8 Å². The molecule has 0 radical (unpaired) electrons. The number of nitriles is 1. The zero-order valence-electron chi connectivity index (χ0n) is 12.4. The monoisotopic (exact) mass is 298 g/mol. The second-order valence-electron chi connectivity index (χ2n) is 5.41. The molecule has 0 unspecified atom stereocenters. The number of pyridine rings is 1. The van der Waals surface area contributed by atoms with E-state index in [1.807, 2.05) is 37.3 Å². The van der Waals surface area contributed by atoms with E-state index < -0.39 is 0 Å². The molecule has 0 saturated carbocycles. The molecule has 0 saturated heterocycles. The maximum absolute atomic E-state index is 11.9. The van der Waals surface area contributed by atoms with Crippen LogP contribution in [0.25, 0.3) is 11.1 Å². The highest BCUT2D eigenvalue weighted by Crippen LogP contribution is 2.28. The Labute approximate surface area is 129 Å². The number of aromatic nitrogens is 1. The third-order valence-electron chi connectivity index (χ3n) is 3.01. The number of nitrogens with one attached hydrogen (secondary N) is 1. The lowest BCUT2D eigenvalue weighted by Crippen LogP contribution is -2.12. The number of hydrogen-bond donors (Lipinski definition) is 1. The second-order valence-corrected chi connectivity index (χ2v) is 6.51. The topological polar surface area (TPSA) is 56.6 Å². The van der Waals surface area contributed by atoms with E-state index in [-0.39, 0.29) is 11.1 Å². The van der Waals surface area contributed by atoms with Gasteiger partial charge in [0.1, 0.15) is 11.6 Å². The number of H-pyrrole nitrogens is 1. The summed E-state index contributed by atoms with van der Waals surface area (Å²) in [5, 5.41) is 9.22. The van der Waals surface area contributed by atoms with Crippen molar-refractivity contribution in [3.63, 3.8) is 0 Å². The summed E-state index contributed by atoms with van der Waals surface area (Å²) in [7, 11) is 0. The first-order chi connectivity index (χ1) is 10.0. The molecule has 2 aromatic rings. The van der Waals surface area contributed by atoms with Gasteiger partial charge in [-0.15, -0.1) is 11.8 Å². The second kappa shape index (κ2) is 6.64. The molecule has 0 bridgehead atoms. The minimum atomic E-state index is -0.326. The predicted octanol–water partition coefficient (Wildman–Crippen LogP) is 3.97. The first kappa shape index (κ1) is 15.4. The van der Waals surface area contributed by atoms with Gasteiger partial charge in [-0.3, -0.25) is 4.79 Å². The Kier molecular flexibility index (Phi) is 4.87. The fourth-order valence-electron chi connectivity index (χ4n) is 2.04. The SMILES string of the molecule is Cc1cc(-c2cccc(SCC(C)C)c2)c(C#N)c(=O)[nH]1. The van der Waals surface area contributed by atoms with Gasteiger partial charge in [-0.2, -0.15) is 5.26 Å². The smallest absolute Gasteiger partial charge is 0.266 e. The number of rotatable bonds is 4. The van der Waals surface area contributed by atoms with Crippen LogP contribution in [0.5, 0.6) is 0 Å². The van der Waals surface area contributed by atoms with Crippen LogP contribution in [0.3, 0.4) is 0 Å². The fraction of sp³-hybridized carbons (Fsp3) is 0.294. The van der Waals surface area contributed by atoms with E-state index in [0.29, 0.717) is 11.5 Å². The van der Waals surface area contributed by atoms with Crippen molar-refractivity contribution in [3.8, 4) is 17.2 Å². The zero-order valence-corrected chi connectivity index (χ0v) is 13.3. The van der Waals surface area contributed by atoms with Crippen LogP contribution in [-0.2, 0) is 0 Å². The average Bonchev–Trinajstić information content (AvgIpc) is 2.44. The van der Waals surface area contributed by atoms with Crippen molar-refractivity contribution in [1.29, 1.82) is 5.26 Å². The summed E-state index contributed by atoms with van der Waals surface area (Å²) < 4.78 is 0. The molecule has 0 aliphatic carbocycles. The van der Waals surface area contributed by atoms with Crippen LogP contribution in [0.1, 0.15) is 25.1 Å². The van der Waals surface area contributed by atoms with Crippen LogP contribution >= 0.6 is 11.8 Å². The number of aromatic amines is 1. The molecule has 1 aromatic heterocycles. The van der Waals surface area contributed by atoms with Crippen molar-refractivity contribution in [2.75, 3.05) is 5.75 Å². The van der Waals surface area contributed by atoms with Crippen molar-refractivity contribution in [2.45, 2.75) is 25.7 Å². The molecule has 1 aromatic carbocycles. The van der Waals surface area contributed by atoms with Gasteiger partial charge in [0.25, 0.3) is 5.56 Å². The molecule has 1 heterocycles. The lowest BCUT2D eigenvalue weighted by Gasteiger charge is -2.09. The van der Waals surface area contributed by atoms with Gasteiger partial charge in [0.15, 0.2) is 0 Å². The number of hydrogen-bond acceptors (Lipinski definition) is 3. The summed E-state index contributed by atoms with van der Waals surface area (Å²) in [6.07, 6.45) is 0. The van der Waals surface area contributed by atoms with Crippen LogP contribution in [-0.4, -0.2) is 10.7 Å². The molecule has 2 rings (SSSR count). The lowest BCUT2D eigenvalue weighted by atomic mass is 10.0. The van der Waals surface area contributed by atoms with Gasteiger partial charge < -0.3 is 4.98 Å². The van der Waals surface area contributed by atoms with Gasteiger partial charge in [0.2, 0.25) is 0 Å². The van der Waals surface area contributed by atoms with Crippen LogP contribution in [0, 0.1) is 24.2 Å². The predicted molar refractivity (Wildman–Crippen MR) is 87.5 cm³/mol. The highest BCUT2D eigenvalue weighted by molar-refractivity contribution is 7.99. The standard InChI is InChI=1S/C17H18N2OS/c1-11(2)10-21-14-6-4-5-13(8-14)15-7-12(3)19-17(20)16(15)9-18/h4-8,11H,10H2,1-3H3,(H,19,20). The molecule has 0 spiro atoms. The van der Waals surface area contributed by atoms with E-state index >= 15 is 0 Å². The Morgan fingerprint density at radius 3 is 2.76 bits per heavy atom. The quantitative estimate of drug-likeness (QED) is 0.869. The molecular formula is C17H18N2OS. The third kappa shape index (κ3) is 3.77. The van der Waals surface area contributed by atoms with Gasteiger partial charge in [-0.05, 0) is 36.6 Å². The van der Waals surface area contributed by atoms with Crippen LogP contribution in [0.2, 0.25) is 0 Å². The fourth-order valence-corrected chi connectivity index (χ4v) is 2.95. The first-order valence-electron chi connectivity index (χ1n) is 6.88. The molecular weight excluding hydrogens is 280 g/mol. The maximum Gasteiger partial charge on any atom is 0.266 e. The van der Waals surface area contributed by atoms with Crippen LogP contribution in [0.15, 0.2) is 40.0 Å². The van der Waals surface area contributed by atoms with Gasteiger partial charge in [-0.25, -0.2) is 0 Å². The Balaban J connectivity index is 2.46. The number of nitrogens with zero attached hydrogens (tertiary/aromatic N) is 1. The molecule has 1 N–H and O–H groups in total. The van der Waals surface area contributed by atoms with E-state index in [4.69, 9.17) is 0 Å². The van der Waals surface area contributed by atoms with Gasteiger partial charge in [-0.1, -0.05) is 26.0 Å². The summed E-state index contributed by atoms with van der Waals surface area (Å²) in [4.78, 5) is 15.7. The summed E-state index contributed by atoms with van der Waals surface area (Å²) in [6.45, 7) is 6.19. The molecule has 0 aliphatic rings. The van der Waals surface area contributed by atoms with Gasteiger partial charge >= 0.3 is 0 Å². The minimum absolute atomic E-state index is 0.173. The number of benzene rings is 1. The van der Waals surface area contributed by atoms with Gasteiger partial charge in [0, 0.05) is 21.9 Å². The normalized spacial score (nSPS) is 10.6. The molecule has 0 aliphatic heterocycles. The molecule has 4 heteroatoms. The van der Waals surface area contributed by atoms with Crippen molar-refractivity contribution >= 4 is 11.8 Å². The Bertz CT molecular complexity index is 741. The number of thioether (sulfide) groups is 1. The minimum Gasteiger partial charge on any atom is -0.325 e. The molecule has 0 fully saturated rings. The molecule has 108 valence electrons. The highest BCUT2D eigenvalue weighted by atomic mass is 32.2. The average molecular weight is 298 g/mol. The van der Waals surface area contributed by atoms with Crippen molar-refractivity contribution in [3.05, 3.63) is 51.9 Å². The van der Waals surface area contributed by atoms with Crippen LogP contribution in [0.4, 0.5) is 0 Å². The van der Waals surface area contributed by atoms with Gasteiger partial charge in [0.05, 0.1) is 0 Å². The van der Waals surface area contributed by atoms with Crippen molar-refractivity contribution in [2.24, 2.45) is 5.92 Å². The Hall–Kier alpha value is -1.99. The molecule has 0 amide bonds. The largest absolute Gasteiger partial charge is 0.325 e. The summed E-state index contributed by atoms with van der Waals surface area (Å²) in [5.74, 6) is 1.67. The summed E-state index contributed by atoms with van der Waals surface area (Å²) in [5.41, 5.74) is 2.22. The summed E-state index contributed by atoms with van der Waals surface area (Å²) in [6, 6.07) is 11.9. The Morgan fingerprint density at radius 1 is 1.33 bits per heavy atom. The number of aryl methyl sites for hydroxylation is 1. The van der Waals surface area contributed by atoms with Crippen molar-refractivity contribution < 1.29 is 0 Å². The third-order valence-corrected chi connectivity index (χ3v) is 4.43. The van der Waals surface area contributed by atoms with Crippen LogP contribution < -0.4 is 5.56 Å². The first-order valence-corrected chi connectivity index (χ1v) is 7.87.